The maximum absolute atomic E-state index is 9.56. The molecule has 14 heavy (non-hydrogen) atoms. The van der Waals surface area contributed by atoms with E-state index < -0.39 is 6.10 Å². The lowest BCUT2D eigenvalue weighted by molar-refractivity contribution is 0.139. The monoisotopic (exact) mass is 193 g/mol. The molecule has 76 valence electrons. The fourth-order valence-electron chi connectivity index (χ4n) is 1.17. The van der Waals surface area contributed by atoms with Crippen molar-refractivity contribution in [1.29, 1.82) is 0 Å². The molecule has 2 N–H and O–H groups in total. The van der Waals surface area contributed by atoms with Crippen molar-refractivity contribution in [3.8, 4) is 0 Å². The summed E-state index contributed by atoms with van der Waals surface area (Å²) in [6.07, 6.45) is 1.52. The van der Waals surface area contributed by atoms with Crippen molar-refractivity contribution in [1.82, 2.24) is 0 Å². The maximum atomic E-state index is 9.56. The largest absolute Gasteiger partial charge is 0.391 e. The molecule has 1 aromatic carbocycles. The van der Waals surface area contributed by atoms with E-state index in [9.17, 15) is 10.3 Å². The van der Waals surface area contributed by atoms with Gasteiger partial charge in [-0.15, -0.1) is 6.58 Å². The summed E-state index contributed by atoms with van der Waals surface area (Å²) in [4.78, 5) is 0. The van der Waals surface area contributed by atoms with Gasteiger partial charge in [0.15, 0.2) is 0 Å². The van der Waals surface area contributed by atoms with Crippen LogP contribution in [0.15, 0.2) is 43.0 Å². The topological polar surface area (TPSA) is 43.7 Å². The molecule has 3 heteroatoms. The van der Waals surface area contributed by atoms with Crippen molar-refractivity contribution in [3.63, 3.8) is 0 Å². The van der Waals surface area contributed by atoms with Gasteiger partial charge in [-0.25, -0.2) is 0 Å². The number of benzene rings is 1. The minimum absolute atomic E-state index is 0.191. The van der Waals surface area contributed by atoms with Gasteiger partial charge in [0.05, 0.1) is 18.3 Å². The highest BCUT2D eigenvalue weighted by atomic mass is 16.5. The van der Waals surface area contributed by atoms with E-state index in [1.807, 2.05) is 18.2 Å². The second-order valence-electron chi connectivity index (χ2n) is 3.10. The summed E-state index contributed by atoms with van der Waals surface area (Å²) >= 11 is 0. The van der Waals surface area contributed by atoms with E-state index >= 15 is 0 Å². The molecule has 1 rings (SSSR count). The Bertz CT molecular complexity index is 274. The summed E-state index contributed by atoms with van der Waals surface area (Å²) in [5, 5.41) is 20.0. The van der Waals surface area contributed by atoms with Crippen LogP contribution in [0.25, 0.3) is 0 Å². The first-order valence-electron chi connectivity index (χ1n) is 4.54. The lowest BCUT2D eigenvalue weighted by Crippen LogP contribution is -2.29. The molecule has 0 aliphatic heterocycles. The first-order chi connectivity index (χ1) is 6.74. The molecule has 0 saturated heterocycles. The average Bonchev–Trinajstić information content (AvgIpc) is 2.19. The van der Waals surface area contributed by atoms with Gasteiger partial charge < -0.3 is 5.11 Å². The van der Waals surface area contributed by atoms with E-state index in [-0.39, 0.29) is 6.54 Å². The molecule has 0 bridgehead atoms. The molecule has 0 amide bonds. The third-order valence-electron chi connectivity index (χ3n) is 1.88. The quantitative estimate of drug-likeness (QED) is 0.553. The van der Waals surface area contributed by atoms with Crippen LogP contribution in [0.3, 0.4) is 0 Å². The van der Waals surface area contributed by atoms with Crippen LogP contribution in [0.2, 0.25) is 0 Å². The predicted octanol–water partition coefficient (Wildman–Crippen LogP) is 1.82. The fourth-order valence-corrected chi connectivity index (χ4v) is 1.17. The van der Waals surface area contributed by atoms with Crippen molar-refractivity contribution in [3.05, 3.63) is 43.0 Å². The number of nitrogens with zero attached hydrogens (tertiary/aromatic N) is 1. The lowest BCUT2D eigenvalue weighted by atomic mass is 10.2. The van der Waals surface area contributed by atoms with E-state index in [4.69, 9.17) is 0 Å². The van der Waals surface area contributed by atoms with Crippen molar-refractivity contribution in [2.45, 2.75) is 12.5 Å². The predicted molar refractivity (Wildman–Crippen MR) is 56.4 cm³/mol. The van der Waals surface area contributed by atoms with Gasteiger partial charge >= 0.3 is 0 Å². The molecular formula is C11H15NO2. The second-order valence-corrected chi connectivity index (χ2v) is 3.10. The summed E-state index contributed by atoms with van der Waals surface area (Å²) < 4.78 is 0. The zero-order valence-corrected chi connectivity index (χ0v) is 8.00. The van der Waals surface area contributed by atoms with Crippen LogP contribution in [0.1, 0.15) is 6.42 Å². The van der Waals surface area contributed by atoms with Gasteiger partial charge in [-0.05, 0) is 18.6 Å². The van der Waals surface area contributed by atoms with E-state index in [1.165, 1.54) is 0 Å². The smallest absolute Gasteiger partial charge is 0.0774 e. The number of rotatable bonds is 5. The van der Waals surface area contributed by atoms with E-state index in [2.05, 4.69) is 6.58 Å². The Morgan fingerprint density at radius 3 is 2.57 bits per heavy atom. The van der Waals surface area contributed by atoms with Crippen molar-refractivity contribution < 1.29 is 10.3 Å². The first-order valence-corrected chi connectivity index (χ1v) is 4.54. The van der Waals surface area contributed by atoms with Gasteiger partial charge in [0.2, 0.25) is 0 Å². The molecule has 0 radical (unpaired) electrons. The SMILES string of the molecule is C=CCC(O)CN(O)c1ccccc1. The second kappa shape index (κ2) is 5.42. The molecule has 1 aromatic rings. The first kappa shape index (κ1) is 10.8. The minimum Gasteiger partial charge on any atom is -0.391 e. The molecule has 1 unspecified atom stereocenters. The number of anilines is 1. The summed E-state index contributed by atoms with van der Waals surface area (Å²) in [5.74, 6) is 0. The number of hydroxylamine groups is 1. The Balaban J connectivity index is 2.50. The van der Waals surface area contributed by atoms with Crippen LogP contribution in [-0.2, 0) is 0 Å². The van der Waals surface area contributed by atoms with E-state index in [1.54, 1.807) is 18.2 Å². The lowest BCUT2D eigenvalue weighted by Gasteiger charge is -2.19. The molecule has 0 aliphatic carbocycles. The van der Waals surface area contributed by atoms with Crippen LogP contribution >= 0.6 is 0 Å². The van der Waals surface area contributed by atoms with Crippen molar-refractivity contribution in [2.24, 2.45) is 0 Å². The molecule has 0 spiro atoms. The molecule has 0 saturated carbocycles. The van der Waals surface area contributed by atoms with Crippen LogP contribution in [0, 0.1) is 0 Å². The van der Waals surface area contributed by atoms with Crippen molar-refractivity contribution >= 4 is 5.69 Å². The summed E-state index contributed by atoms with van der Waals surface area (Å²) in [6.45, 7) is 3.71. The Labute approximate surface area is 83.9 Å². The van der Waals surface area contributed by atoms with Crippen LogP contribution in [0.4, 0.5) is 5.69 Å². The van der Waals surface area contributed by atoms with Gasteiger partial charge in [0, 0.05) is 0 Å². The molecule has 0 aliphatic rings. The Morgan fingerprint density at radius 1 is 1.36 bits per heavy atom. The highest BCUT2D eigenvalue weighted by Gasteiger charge is 2.08. The molecule has 0 heterocycles. The Morgan fingerprint density at radius 2 is 2.00 bits per heavy atom. The van der Waals surface area contributed by atoms with Gasteiger partial charge in [-0.1, -0.05) is 24.3 Å². The van der Waals surface area contributed by atoms with Crippen LogP contribution in [-0.4, -0.2) is 23.0 Å². The number of hydrogen-bond donors (Lipinski definition) is 2. The van der Waals surface area contributed by atoms with Gasteiger partial charge in [0.1, 0.15) is 0 Å². The Kier molecular flexibility index (Phi) is 4.16. The van der Waals surface area contributed by atoms with E-state index in [0.29, 0.717) is 12.1 Å². The zero-order chi connectivity index (χ0) is 10.4. The van der Waals surface area contributed by atoms with Crippen LogP contribution < -0.4 is 5.06 Å². The zero-order valence-electron chi connectivity index (χ0n) is 8.00. The number of hydrogen-bond acceptors (Lipinski definition) is 3. The third-order valence-corrected chi connectivity index (χ3v) is 1.88. The minimum atomic E-state index is -0.585. The normalized spacial score (nSPS) is 12.1. The van der Waals surface area contributed by atoms with E-state index in [0.717, 1.165) is 5.06 Å². The van der Waals surface area contributed by atoms with Crippen LogP contribution in [0.5, 0.6) is 0 Å². The van der Waals surface area contributed by atoms with Gasteiger partial charge in [-0.2, -0.15) is 0 Å². The maximum Gasteiger partial charge on any atom is 0.0774 e. The molecular weight excluding hydrogens is 178 g/mol. The summed E-state index contributed by atoms with van der Waals surface area (Å²) in [5.41, 5.74) is 0.676. The summed E-state index contributed by atoms with van der Waals surface area (Å²) in [7, 11) is 0. The van der Waals surface area contributed by atoms with Gasteiger partial charge in [-0.3, -0.25) is 10.3 Å². The average molecular weight is 193 g/mol. The number of aliphatic hydroxyl groups excluding tert-OH is 1. The number of aliphatic hydroxyl groups is 1. The fraction of sp³-hybridized carbons (Fsp3) is 0.273. The van der Waals surface area contributed by atoms with Crippen molar-refractivity contribution in [2.75, 3.05) is 11.6 Å². The molecule has 3 nitrogen and oxygen atoms in total. The van der Waals surface area contributed by atoms with Gasteiger partial charge in [0.25, 0.3) is 0 Å². The Hall–Kier alpha value is -1.32. The standard InChI is InChI=1S/C11H15NO2/c1-2-6-11(13)9-12(14)10-7-4-3-5-8-10/h2-5,7-8,11,13-14H,1,6,9H2. The summed E-state index contributed by atoms with van der Waals surface area (Å²) in [6, 6.07) is 9.09. The third kappa shape index (κ3) is 3.20. The molecule has 0 aromatic heterocycles. The molecule has 1 atom stereocenters. The highest BCUT2D eigenvalue weighted by molar-refractivity contribution is 5.42. The number of para-hydroxylation sites is 1. The highest BCUT2D eigenvalue weighted by Crippen LogP contribution is 2.11. The molecule has 0 fully saturated rings.